The zero-order valence-corrected chi connectivity index (χ0v) is 13.7. The first-order valence-electron chi connectivity index (χ1n) is 7.81. The van der Waals surface area contributed by atoms with Gasteiger partial charge in [0.15, 0.2) is 0 Å². The minimum atomic E-state index is 0.674. The largest absolute Gasteiger partial charge is 0.353 e. The van der Waals surface area contributed by atoms with Crippen molar-refractivity contribution in [3.05, 3.63) is 66.2 Å². The van der Waals surface area contributed by atoms with Crippen molar-refractivity contribution >= 4 is 55.8 Å². The van der Waals surface area contributed by atoms with Crippen LogP contribution in [0.15, 0.2) is 61.2 Å². The molecule has 120 valence electrons. The van der Waals surface area contributed by atoms with Crippen LogP contribution in [0.4, 0.5) is 11.5 Å². The monoisotopic (exact) mass is 345 g/mol. The molecular formula is C19H12ClN5. The number of benzene rings is 1. The van der Waals surface area contributed by atoms with Crippen molar-refractivity contribution in [3.63, 3.8) is 0 Å². The topological polar surface area (TPSA) is 66.5 Å². The average Bonchev–Trinajstić information content (AvgIpc) is 3.01. The fraction of sp³-hybridized carbons (Fsp3) is 0. The van der Waals surface area contributed by atoms with E-state index in [9.17, 15) is 0 Å². The zero-order chi connectivity index (χ0) is 16.8. The molecule has 0 aliphatic heterocycles. The van der Waals surface area contributed by atoms with Crippen LogP contribution in [0.2, 0.25) is 5.02 Å². The van der Waals surface area contributed by atoms with Crippen LogP contribution in [-0.4, -0.2) is 19.9 Å². The Morgan fingerprint density at radius 3 is 2.64 bits per heavy atom. The molecule has 1 aromatic carbocycles. The highest BCUT2D eigenvalue weighted by molar-refractivity contribution is 6.30. The van der Waals surface area contributed by atoms with Gasteiger partial charge in [0.05, 0.1) is 11.0 Å². The summed E-state index contributed by atoms with van der Waals surface area (Å²) in [5.41, 5.74) is 3.72. The summed E-state index contributed by atoms with van der Waals surface area (Å²) in [7, 11) is 0. The van der Waals surface area contributed by atoms with Crippen LogP contribution in [0.5, 0.6) is 0 Å². The van der Waals surface area contributed by atoms with Crippen molar-refractivity contribution in [1.29, 1.82) is 0 Å². The summed E-state index contributed by atoms with van der Waals surface area (Å²) in [6.07, 6.45) is 7.21. The van der Waals surface area contributed by atoms with E-state index in [1.165, 1.54) is 0 Å². The number of halogens is 1. The van der Waals surface area contributed by atoms with Crippen molar-refractivity contribution in [2.24, 2.45) is 0 Å². The molecule has 0 fully saturated rings. The highest BCUT2D eigenvalue weighted by Crippen LogP contribution is 2.33. The molecule has 0 atom stereocenters. The van der Waals surface area contributed by atoms with Crippen LogP contribution in [-0.2, 0) is 0 Å². The number of aromatic amines is 1. The number of pyridine rings is 3. The molecule has 5 nitrogen and oxygen atoms in total. The molecule has 0 saturated heterocycles. The summed E-state index contributed by atoms with van der Waals surface area (Å²) >= 11 is 6.10. The maximum absolute atomic E-state index is 6.10. The molecule has 0 bridgehead atoms. The third-order valence-corrected chi connectivity index (χ3v) is 4.46. The van der Waals surface area contributed by atoms with Gasteiger partial charge in [-0.15, -0.1) is 0 Å². The Balaban J connectivity index is 1.83. The van der Waals surface area contributed by atoms with Gasteiger partial charge in [0.1, 0.15) is 11.3 Å². The van der Waals surface area contributed by atoms with Gasteiger partial charge < -0.3 is 10.3 Å². The van der Waals surface area contributed by atoms with Crippen LogP contribution >= 0.6 is 11.6 Å². The van der Waals surface area contributed by atoms with Crippen molar-refractivity contribution in [3.8, 4) is 0 Å². The molecule has 0 unspecified atom stereocenters. The van der Waals surface area contributed by atoms with Gasteiger partial charge in [-0.25, -0.2) is 4.98 Å². The lowest BCUT2D eigenvalue weighted by atomic mass is 10.1. The van der Waals surface area contributed by atoms with E-state index in [0.717, 1.165) is 44.2 Å². The van der Waals surface area contributed by atoms with E-state index in [0.29, 0.717) is 5.02 Å². The molecule has 6 heteroatoms. The maximum atomic E-state index is 6.10. The van der Waals surface area contributed by atoms with E-state index >= 15 is 0 Å². The maximum Gasteiger partial charge on any atom is 0.139 e. The number of hydrogen-bond acceptors (Lipinski definition) is 4. The van der Waals surface area contributed by atoms with E-state index in [-0.39, 0.29) is 0 Å². The van der Waals surface area contributed by atoms with Crippen LogP contribution in [0, 0.1) is 0 Å². The Hall–Kier alpha value is -3.18. The van der Waals surface area contributed by atoms with Gasteiger partial charge in [0, 0.05) is 51.7 Å². The van der Waals surface area contributed by atoms with E-state index < -0.39 is 0 Å². The molecule has 25 heavy (non-hydrogen) atoms. The number of fused-ring (bicyclic) bond motifs is 5. The second-order valence-corrected chi connectivity index (χ2v) is 6.22. The minimum absolute atomic E-state index is 0.674. The van der Waals surface area contributed by atoms with Gasteiger partial charge in [0.2, 0.25) is 0 Å². The summed E-state index contributed by atoms with van der Waals surface area (Å²) in [4.78, 5) is 16.8. The molecule has 0 aliphatic carbocycles. The third-order valence-electron chi connectivity index (χ3n) is 4.23. The Bertz CT molecular complexity index is 1240. The lowest BCUT2D eigenvalue weighted by Crippen LogP contribution is -1.96. The highest BCUT2D eigenvalue weighted by Gasteiger charge is 2.13. The number of rotatable bonds is 2. The van der Waals surface area contributed by atoms with E-state index in [1.54, 1.807) is 12.4 Å². The number of H-pyrrole nitrogens is 1. The molecule has 5 aromatic rings. The smallest absolute Gasteiger partial charge is 0.139 e. The second kappa shape index (κ2) is 5.43. The molecule has 0 aliphatic rings. The summed E-state index contributed by atoms with van der Waals surface area (Å²) < 4.78 is 0. The Labute approximate surface area is 147 Å². The first kappa shape index (κ1) is 14.2. The van der Waals surface area contributed by atoms with Crippen molar-refractivity contribution < 1.29 is 0 Å². The van der Waals surface area contributed by atoms with Crippen LogP contribution in [0.3, 0.4) is 0 Å². The molecule has 5 rings (SSSR count). The first-order valence-corrected chi connectivity index (χ1v) is 8.19. The molecule has 4 aromatic heterocycles. The van der Waals surface area contributed by atoms with Crippen LogP contribution in [0.25, 0.3) is 32.7 Å². The molecular weight excluding hydrogens is 334 g/mol. The van der Waals surface area contributed by atoms with Gasteiger partial charge >= 0.3 is 0 Å². The lowest BCUT2D eigenvalue weighted by molar-refractivity contribution is 1.34. The van der Waals surface area contributed by atoms with Crippen LogP contribution < -0.4 is 5.32 Å². The normalized spacial score (nSPS) is 11.4. The zero-order valence-electron chi connectivity index (χ0n) is 13.0. The molecule has 0 amide bonds. The van der Waals surface area contributed by atoms with Gasteiger partial charge in [-0.05, 0) is 30.3 Å². The molecule has 4 heterocycles. The molecule has 0 radical (unpaired) electrons. The fourth-order valence-corrected chi connectivity index (χ4v) is 3.29. The van der Waals surface area contributed by atoms with Gasteiger partial charge in [0.25, 0.3) is 0 Å². The quantitative estimate of drug-likeness (QED) is 0.469. The second-order valence-electron chi connectivity index (χ2n) is 5.79. The predicted octanol–water partition coefficient (Wildman–Crippen LogP) is 5.06. The summed E-state index contributed by atoms with van der Waals surface area (Å²) in [6.45, 7) is 0. The molecule has 2 N–H and O–H groups in total. The minimum Gasteiger partial charge on any atom is -0.353 e. The van der Waals surface area contributed by atoms with E-state index in [4.69, 9.17) is 16.6 Å². The lowest BCUT2D eigenvalue weighted by Gasteiger charge is -2.10. The summed E-state index contributed by atoms with van der Waals surface area (Å²) in [6, 6.07) is 11.5. The van der Waals surface area contributed by atoms with Gasteiger partial charge in [-0.1, -0.05) is 17.7 Å². The summed E-state index contributed by atoms with van der Waals surface area (Å²) in [5, 5.41) is 7.03. The summed E-state index contributed by atoms with van der Waals surface area (Å²) in [5.74, 6) is 0.761. The number of nitrogens with one attached hydrogen (secondary N) is 2. The Morgan fingerprint density at radius 2 is 1.76 bits per heavy atom. The van der Waals surface area contributed by atoms with Crippen molar-refractivity contribution in [2.75, 3.05) is 5.32 Å². The SMILES string of the molecule is Clc1cccc(Nc2nc3c4cnccc4[nH]c3c3cnccc23)c1. The fourth-order valence-electron chi connectivity index (χ4n) is 3.10. The highest BCUT2D eigenvalue weighted by atomic mass is 35.5. The third kappa shape index (κ3) is 2.28. The number of anilines is 2. The molecule has 0 saturated carbocycles. The number of aromatic nitrogens is 4. The predicted molar refractivity (Wildman–Crippen MR) is 101 cm³/mol. The number of hydrogen-bond donors (Lipinski definition) is 2. The molecule has 0 spiro atoms. The van der Waals surface area contributed by atoms with Crippen molar-refractivity contribution in [1.82, 2.24) is 19.9 Å². The van der Waals surface area contributed by atoms with Crippen molar-refractivity contribution in [2.45, 2.75) is 0 Å². The van der Waals surface area contributed by atoms with Gasteiger partial charge in [-0.3, -0.25) is 9.97 Å². The van der Waals surface area contributed by atoms with Crippen LogP contribution in [0.1, 0.15) is 0 Å². The first-order chi connectivity index (χ1) is 12.3. The standard InChI is InChI=1S/C19H12ClN5/c20-11-2-1-3-12(8-11)23-19-13-4-6-21-9-14(13)17-18(25-19)15-10-22-7-5-16(15)24-17/h1-10,24H,(H,23,25). The Morgan fingerprint density at radius 1 is 0.920 bits per heavy atom. The average molecular weight is 346 g/mol. The Kier molecular flexibility index (Phi) is 3.08. The van der Waals surface area contributed by atoms with E-state index in [2.05, 4.69) is 20.3 Å². The van der Waals surface area contributed by atoms with Gasteiger partial charge in [-0.2, -0.15) is 0 Å². The number of nitrogens with zero attached hydrogens (tertiary/aromatic N) is 3. The van der Waals surface area contributed by atoms with E-state index in [1.807, 2.05) is 48.8 Å².